The lowest BCUT2D eigenvalue weighted by atomic mass is 9.99. The van der Waals surface area contributed by atoms with E-state index in [-0.39, 0.29) is 5.82 Å². The summed E-state index contributed by atoms with van der Waals surface area (Å²) in [6.07, 6.45) is -0.781. The van der Waals surface area contributed by atoms with Gasteiger partial charge in [0, 0.05) is 6.42 Å². The minimum absolute atomic E-state index is 0.290. The van der Waals surface area contributed by atoms with Crippen molar-refractivity contribution < 1.29 is 14.6 Å². The summed E-state index contributed by atoms with van der Waals surface area (Å²) in [5, 5.41) is 19.0. The first-order valence-corrected chi connectivity index (χ1v) is 5.15. The van der Waals surface area contributed by atoms with Crippen molar-refractivity contribution in [1.82, 2.24) is 0 Å². The average molecular weight is 212 g/mol. The van der Waals surface area contributed by atoms with E-state index in [4.69, 9.17) is 0 Å². The van der Waals surface area contributed by atoms with Gasteiger partial charge in [0.2, 0.25) is 0 Å². The molecule has 0 radical (unpaired) electrons. The molecule has 0 aliphatic carbocycles. The van der Waals surface area contributed by atoms with Gasteiger partial charge in [0.15, 0.2) is 0 Å². The Hall–Kier alpha value is -0.930. The van der Waals surface area contributed by atoms with Gasteiger partial charge >= 0.3 is 0 Å². The smallest absolute Gasteiger partial charge is 0.123 e. The van der Waals surface area contributed by atoms with E-state index in [1.165, 1.54) is 12.1 Å². The third kappa shape index (κ3) is 3.29. The topological polar surface area (TPSA) is 40.5 Å². The highest BCUT2D eigenvalue weighted by molar-refractivity contribution is 5.27. The zero-order valence-electron chi connectivity index (χ0n) is 9.07. The van der Waals surface area contributed by atoms with Gasteiger partial charge in [-0.2, -0.15) is 0 Å². The van der Waals surface area contributed by atoms with Crippen molar-refractivity contribution in [3.8, 4) is 0 Å². The summed E-state index contributed by atoms with van der Waals surface area (Å²) in [7, 11) is 0. The normalized spacial score (nSPS) is 15.0. The van der Waals surface area contributed by atoms with Gasteiger partial charge in [-0.15, -0.1) is 0 Å². The number of aliphatic hydroxyl groups excluding tert-OH is 2. The molecule has 0 aliphatic rings. The second-order valence-electron chi connectivity index (χ2n) is 3.82. The Morgan fingerprint density at radius 3 is 2.53 bits per heavy atom. The van der Waals surface area contributed by atoms with Gasteiger partial charge in [0.05, 0.1) is 12.2 Å². The number of hydrogen-bond donors (Lipinski definition) is 2. The molecule has 3 heteroatoms. The number of hydrogen-bond acceptors (Lipinski definition) is 2. The van der Waals surface area contributed by atoms with Crippen LogP contribution in [-0.4, -0.2) is 22.4 Å². The van der Waals surface area contributed by atoms with Crippen molar-refractivity contribution >= 4 is 0 Å². The first kappa shape index (κ1) is 12.1. The van der Waals surface area contributed by atoms with Crippen molar-refractivity contribution in [3.05, 3.63) is 35.1 Å². The number of rotatable bonds is 4. The van der Waals surface area contributed by atoms with Crippen molar-refractivity contribution in [1.29, 1.82) is 0 Å². The monoisotopic (exact) mass is 212 g/mol. The molecule has 0 fully saturated rings. The molecule has 1 aromatic rings. The summed E-state index contributed by atoms with van der Waals surface area (Å²) in [5.74, 6) is -0.311. The molecule has 0 spiro atoms. The van der Waals surface area contributed by atoms with Crippen LogP contribution in [0, 0.1) is 12.7 Å². The highest BCUT2D eigenvalue weighted by atomic mass is 19.1. The SMILES string of the molecule is CCC(O)C(O)Cc1cc(F)ccc1C. The van der Waals surface area contributed by atoms with Crippen LogP contribution in [0.25, 0.3) is 0 Å². The molecule has 15 heavy (non-hydrogen) atoms. The molecule has 0 saturated heterocycles. The fourth-order valence-corrected chi connectivity index (χ4v) is 1.49. The Labute approximate surface area is 89.4 Å². The van der Waals surface area contributed by atoms with E-state index in [0.29, 0.717) is 12.8 Å². The van der Waals surface area contributed by atoms with E-state index >= 15 is 0 Å². The minimum atomic E-state index is -0.824. The summed E-state index contributed by atoms with van der Waals surface area (Å²) in [6.45, 7) is 3.66. The Bertz CT molecular complexity index is 325. The van der Waals surface area contributed by atoms with Crippen LogP contribution in [0.3, 0.4) is 0 Å². The van der Waals surface area contributed by atoms with Crippen LogP contribution in [0.2, 0.25) is 0 Å². The van der Waals surface area contributed by atoms with Crippen molar-refractivity contribution in [2.75, 3.05) is 0 Å². The molecule has 0 amide bonds. The van der Waals surface area contributed by atoms with Gasteiger partial charge in [-0.1, -0.05) is 13.0 Å². The zero-order chi connectivity index (χ0) is 11.4. The van der Waals surface area contributed by atoms with E-state index in [0.717, 1.165) is 11.1 Å². The van der Waals surface area contributed by atoms with Crippen LogP contribution in [0.4, 0.5) is 4.39 Å². The van der Waals surface area contributed by atoms with Gasteiger partial charge in [-0.3, -0.25) is 0 Å². The molecule has 2 atom stereocenters. The maximum Gasteiger partial charge on any atom is 0.123 e. The average Bonchev–Trinajstić information content (AvgIpc) is 2.22. The summed E-state index contributed by atoms with van der Waals surface area (Å²) < 4.78 is 12.9. The Kier molecular flexibility index (Phi) is 4.24. The maximum atomic E-state index is 12.9. The molecule has 2 N–H and O–H groups in total. The Morgan fingerprint density at radius 1 is 1.27 bits per heavy atom. The molecular weight excluding hydrogens is 195 g/mol. The molecule has 0 heterocycles. The summed E-state index contributed by atoms with van der Waals surface area (Å²) >= 11 is 0. The largest absolute Gasteiger partial charge is 0.390 e. The lowest BCUT2D eigenvalue weighted by Crippen LogP contribution is -2.27. The lowest BCUT2D eigenvalue weighted by molar-refractivity contribution is 0.0180. The first-order chi connectivity index (χ1) is 7.04. The maximum absolute atomic E-state index is 12.9. The molecule has 0 aromatic heterocycles. The summed E-state index contributed by atoms with van der Waals surface area (Å²) in [6, 6.07) is 4.47. The zero-order valence-corrected chi connectivity index (χ0v) is 9.07. The van der Waals surface area contributed by atoms with Gasteiger partial charge in [-0.25, -0.2) is 4.39 Å². The van der Waals surface area contributed by atoms with Crippen LogP contribution in [0.1, 0.15) is 24.5 Å². The van der Waals surface area contributed by atoms with Gasteiger partial charge in [-0.05, 0) is 36.6 Å². The van der Waals surface area contributed by atoms with Crippen LogP contribution < -0.4 is 0 Å². The Balaban J connectivity index is 2.75. The van der Waals surface area contributed by atoms with E-state index < -0.39 is 12.2 Å². The molecule has 2 unspecified atom stereocenters. The predicted molar refractivity (Wildman–Crippen MR) is 57.1 cm³/mol. The van der Waals surface area contributed by atoms with Gasteiger partial charge in [0.25, 0.3) is 0 Å². The van der Waals surface area contributed by atoms with E-state index in [2.05, 4.69) is 0 Å². The second-order valence-corrected chi connectivity index (χ2v) is 3.82. The van der Waals surface area contributed by atoms with Crippen LogP contribution >= 0.6 is 0 Å². The quantitative estimate of drug-likeness (QED) is 0.799. The molecule has 84 valence electrons. The molecule has 0 bridgehead atoms. The highest BCUT2D eigenvalue weighted by Gasteiger charge is 2.15. The summed E-state index contributed by atoms with van der Waals surface area (Å²) in [4.78, 5) is 0. The molecular formula is C12H17FO2. The predicted octanol–water partition coefficient (Wildman–Crippen LogP) is 1.81. The van der Waals surface area contributed by atoms with E-state index in [9.17, 15) is 14.6 Å². The second kappa shape index (κ2) is 5.24. The third-order valence-electron chi connectivity index (χ3n) is 2.60. The van der Waals surface area contributed by atoms with Crippen molar-refractivity contribution in [3.63, 3.8) is 0 Å². The molecule has 0 saturated carbocycles. The van der Waals surface area contributed by atoms with Crippen molar-refractivity contribution in [2.45, 2.75) is 38.9 Å². The molecule has 1 rings (SSSR count). The molecule has 2 nitrogen and oxygen atoms in total. The number of aliphatic hydroxyl groups is 2. The van der Waals surface area contributed by atoms with E-state index in [1.807, 2.05) is 6.92 Å². The van der Waals surface area contributed by atoms with Crippen LogP contribution in [0.15, 0.2) is 18.2 Å². The van der Waals surface area contributed by atoms with Crippen LogP contribution in [-0.2, 0) is 6.42 Å². The van der Waals surface area contributed by atoms with Crippen molar-refractivity contribution in [2.24, 2.45) is 0 Å². The number of benzene rings is 1. The Morgan fingerprint density at radius 2 is 1.93 bits per heavy atom. The highest BCUT2D eigenvalue weighted by Crippen LogP contribution is 2.14. The number of halogens is 1. The fourth-order valence-electron chi connectivity index (χ4n) is 1.49. The van der Waals surface area contributed by atoms with Crippen LogP contribution in [0.5, 0.6) is 0 Å². The fraction of sp³-hybridized carbons (Fsp3) is 0.500. The lowest BCUT2D eigenvalue weighted by Gasteiger charge is -2.17. The molecule has 1 aromatic carbocycles. The van der Waals surface area contributed by atoms with E-state index in [1.54, 1.807) is 13.0 Å². The van der Waals surface area contributed by atoms with Gasteiger partial charge in [0.1, 0.15) is 5.82 Å². The standard InChI is InChI=1S/C12H17FO2/c1-3-11(14)12(15)7-9-6-10(13)5-4-8(9)2/h4-6,11-12,14-15H,3,7H2,1-2H3. The minimum Gasteiger partial charge on any atom is -0.390 e. The van der Waals surface area contributed by atoms with Gasteiger partial charge < -0.3 is 10.2 Å². The first-order valence-electron chi connectivity index (χ1n) is 5.15. The summed E-state index contributed by atoms with van der Waals surface area (Å²) in [5.41, 5.74) is 1.67. The third-order valence-corrected chi connectivity index (χ3v) is 2.60. The number of aryl methyl sites for hydroxylation is 1. The molecule has 0 aliphatic heterocycles.